The number of benzene rings is 2. The Labute approximate surface area is 164 Å². The Morgan fingerprint density at radius 3 is 2.24 bits per heavy atom. The molecule has 0 saturated heterocycles. The number of nitrogens with two attached hydrogens (primary N) is 1. The number of carbonyl (C=O) groups excluding carboxylic acids is 1. The Morgan fingerprint density at radius 2 is 1.69 bits per heavy atom. The van der Waals surface area contributed by atoms with Crippen LogP contribution in [0.4, 0.5) is 13.2 Å². The van der Waals surface area contributed by atoms with Gasteiger partial charge in [-0.05, 0) is 54.6 Å². The van der Waals surface area contributed by atoms with E-state index in [-0.39, 0.29) is 17.0 Å². The minimum atomic E-state index is -3.92. The summed E-state index contributed by atoms with van der Waals surface area (Å²) in [5.41, 5.74) is 0.407. The van der Waals surface area contributed by atoms with Crippen molar-refractivity contribution in [2.24, 2.45) is 5.14 Å². The van der Waals surface area contributed by atoms with Gasteiger partial charge in [-0.1, -0.05) is 0 Å². The van der Waals surface area contributed by atoms with Crippen molar-refractivity contribution in [3.8, 4) is 16.9 Å². The molecule has 6 nitrogen and oxygen atoms in total. The van der Waals surface area contributed by atoms with Gasteiger partial charge < -0.3 is 4.79 Å². The molecule has 0 saturated carbocycles. The molecule has 3 aromatic rings. The number of sulfonamides is 1. The number of aldehydes is 1. The largest absolute Gasteiger partial charge is 0.303 e. The Balaban J connectivity index is 2.13. The van der Waals surface area contributed by atoms with Gasteiger partial charge in [-0.3, -0.25) is 0 Å². The number of primary sulfonamides is 1. The molecule has 0 aliphatic carbocycles. The zero-order chi connectivity index (χ0) is 21.2. The third-order valence-electron chi connectivity index (χ3n) is 4.21. The summed E-state index contributed by atoms with van der Waals surface area (Å²) in [7, 11) is -3.92. The molecule has 0 radical (unpaired) electrons. The van der Waals surface area contributed by atoms with E-state index in [0.717, 1.165) is 6.07 Å². The van der Waals surface area contributed by atoms with E-state index in [9.17, 15) is 26.4 Å². The number of carbonyl (C=O) groups is 1. The number of hydrogen-bond donors (Lipinski definition) is 1. The van der Waals surface area contributed by atoms with Gasteiger partial charge in [0.15, 0.2) is 0 Å². The molecular formula is C19H16F3N3O3S. The van der Waals surface area contributed by atoms with E-state index < -0.39 is 33.9 Å². The quantitative estimate of drug-likeness (QED) is 0.589. The molecule has 0 bridgehead atoms. The van der Waals surface area contributed by atoms with Gasteiger partial charge in [0.05, 0.1) is 16.3 Å². The van der Waals surface area contributed by atoms with E-state index in [1.54, 1.807) is 0 Å². The number of nitrogens with zero attached hydrogens (tertiary/aromatic N) is 2. The van der Waals surface area contributed by atoms with E-state index >= 15 is 0 Å². The van der Waals surface area contributed by atoms with Crippen molar-refractivity contribution in [2.45, 2.75) is 23.7 Å². The number of halogens is 3. The van der Waals surface area contributed by atoms with Crippen LogP contribution in [0.2, 0.25) is 0 Å². The van der Waals surface area contributed by atoms with E-state index in [4.69, 9.17) is 5.14 Å². The predicted octanol–water partition coefficient (Wildman–Crippen LogP) is 3.40. The summed E-state index contributed by atoms with van der Waals surface area (Å²) in [6, 6.07) is 11.5. The fraction of sp³-hybridized carbons (Fsp3) is 0.158. The van der Waals surface area contributed by atoms with Crippen molar-refractivity contribution >= 4 is 16.3 Å². The Kier molecular flexibility index (Phi) is 5.58. The highest BCUT2D eigenvalue weighted by Gasteiger charge is 2.35. The van der Waals surface area contributed by atoms with E-state index in [1.165, 1.54) is 53.2 Å². The van der Waals surface area contributed by atoms with E-state index in [2.05, 4.69) is 5.10 Å². The summed E-state index contributed by atoms with van der Waals surface area (Å²) >= 11 is 0. The van der Waals surface area contributed by atoms with Gasteiger partial charge in [-0.25, -0.2) is 22.6 Å². The summed E-state index contributed by atoms with van der Waals surface area (Å²) in [6.07, 6.45) is -0.646. The average molecular weight is 423 g/mol. The molecule has 0 amide bonds. The maximum absolute atomic E-state index is 14.5. The van der Waals surface area contributed by atoms with Gasteiger partial charge in [0, 0.05) is 18.4 Å². The lowest BCUT2D eigenvalue weighted by atomic mass is 10.1. The Bertz CT molecular complexity index is 1130. The van der Waals surface area contributed by atoms with Crippen molar-refractivity contribution in [1.29, 1.82) is 0 Å². The highest BCUT2D eigenvalue weighted by molar-refractivity contribution is 7.89. The maximum atomic E-state index is 14.5. The normalized spacial score (nSPS) is 12.1. The van der Waals surface area contributed by atoms with Crippen molar-refractivity contribution in [2.75, 3.05) is 0 Å². The summed E-state index contributed by atoms with van der Waals surface area (Å²) in [6.45, 7) is 0. The van der Waals surface area contributed by atoms with Crippen LogP contribution < -0.4 is 5.14 Å². The zero-order valence-electron chi connectivity index (χ0n) is 14.9. The van der Waals surface area contributed by atoms with Gasteiger partial charge in [0.2, 0.25) is 10.0 Å². The summed E-state index contributed by atoms with van der Waals surface area (Å²) in [4.78, 5) is 10.3. The van der Waals surface area contributed by atoms with Crippen LogP contribution in [0.5, 0.6) is 0 Å². The molecular weight excluding hydrogens is 407 g/mol. The molecule has 0 aliphatic heterocycles. The smallest absolute Gasteiger partial charge is 0.291 e. The second-order valence-corrected chi connectivity index (χ2v) is 7.84. The van der Waals surface area contributed by atoms with Crippen LogP contribution in [-0.4, -0.2) is 24.5 Å². The third-order valence-corrected chi connectivity index (χ3v) is 5.14. The summed E-state index contributed by atoms with van der Waals surface area (Å²) in [5, 5.41) is 9.05. The molecule has 2 aromatic carbocycles. The molecule has 1 heterocycles. The molecule has 29 heavy (non-hydrogen) atoms. The van der Waals surface area contributed by atoms with Gasteiger partial charge in [0.1, 0.15) is 17.8 Å². The summed E-state index contributed by atoms with van der Waals surface area (Å²) in [5.74, 6) is -3.85. The van der Waals surface area contributed by atoms with E-state index in [0.29, 0.717) is 17.5 Å². The average Bonchev–Trinajstić information content (AvgIpc) is 3.13. The van der Waals surface area contributed by atoms with Crippen LogP contribution in [0.1, 0.15) is 18.5 Å². The third kappa shape index (κ3) is 4.54. The minimum Gasteiger partial charge on any atom is -0.303 e. The fourth-order valence-electron chi connectivity index (χ4n) is 2.73. The van der Waals surface area contributed by atoms with Crippen LogP contribution >= 0.6 is 0 Å². The van der Waals surface area contributed by atoms with Crippen LogP contribution in [0.15, 0.2) is 59.5 Å². The van der Waals surface area contributed by atoms with Gasteiger partial charge in [0.25, 0.3) is 5.92 Å². The van der Waals surface area contributed by atoms with Crippen molar-refractivity contribution in [3.05, 3.63) is 66.1 Å². The van der Waals surface area contributed by atoms with Crippen LogP contribution in [0.25, 0.3) is 16.9 Å². The molecule has 0 fully saturated rings. The first-order valence-corrected chi connectivity index (χ1v) is 9.97. The number of alkyl halides is 2. The topological polar surface area (TPSA) is 95.1 Å². The lowest BCUT2D eigenvalue weighted by Crippen LogP contribution is -2.15. The first-order chi connectivity index (χ1) is 13.6. The predicted molar refractivity (Wildman–Crippen MR) is 99.5 cm³/mol. The number of aromatic nitrogens is 2. The second-order valence-electron chi connectivity index (χ2n) is 6.28. The van der Waals surface area contributed by atoms with Gasteiger partial charge in [-0.15, -0.1) is 0 Å². The van der Waals surface area contributed by atoms with Crippen molar-refractivity contribution < 1.29 is 26.4 Å². The fourth-order valence-corrected chi connectivity index (χ4v) is 3.24. The second kappa shape index (κ2) is 7.80. The maximum Gasteiger partial charge on any atom is 0.291 e. The lowest BCUT2D eigenvalue weighted by Gasteiger charge is -2.11. The molecule has 2 N–H and O–H groups in total. The van der Waals surface area contributed by atoms with Crippen LogP contribution in [0, 0.1) is 5.82 Å². The first-order valence-electron chi connectivity index (χ1n) is 8.43. The lowest BCUT2D eigenvalue weighted by molar-refractivity contribution is -0.110. The summed E-state index contributed by atoms with van der Waals surface area (Å²) < 4.78 is 66.3. The molecule has 0 atom stereocenters. The van der Waals surface area contributed by atoms with E-state index in [1.807, 2.05) is 0 Å². The van der Waals surface area contributed by atoms with Crippen molar-refractivity contribution in [1.82, 2.24) is 9.78 Å². The molecule has 0 aliphatic rings. The van der Waals surface area contributed by atoms with Crippen molar-refractivity contribution in [3.63, 3.8) is 0 Å². The van der Waals surface area contributed by atoms with Crippen LogP contribution in [0.3, 0.4) is 0 Å². The molecule has 10 heteroatoms. The highest BCUT2D eigenvalue weighted by atomic mass is 32.2. The van der Waals surface area contributed by atoms with Crippen LogP contribution in [-0.2, 0) is 20.7 Å². The number of rotatable bonds is 7. The highest BCUT2D eigenvalue weighted by Crippen LogP contribution is 2.35. The van der Waals surface area contributed by atoms with Gasteiger partial charge in [-0.2, -0.15) is 13.9 Å². The zero-order valence-corrected chi connectivity index (χ0v) is 15.7. The monoisotopic (exact) mass is 423 g/mol. The molecule has 3 rings (SSSR count). The SMILES string of the molecule is NS(=O)(=O)c1ccc(-n2nc(C(F)(F)CCC=O)cc2-c2ccc(F)cc2)cc1. The number of hydrogen-bond acceptors (Lipinski definition) is 4. The molecule has 152 valence electrons. The Hall–Kier alpha value is -2.98. The Morgan fingerprint density at radius 1 is 1.07 bits per heavy atom. The van der Waals surface area contributed by atoms with Gasteiger partial charge >= 0.3 is 0 Å². The standard InChI is InChI=1S/C19H16F3N3O3S/c20-14-4-2-13(3-5-14)17-12-18(19(21,22)10-1-11-26)24-25(17)15-6-8-16(9-7-15)29(23,27)28/h2-9,11-12H,1,10H2,(H2,23,27,28). The molecule has 1 aromatic heterocycles. The minimum absolute atomic E-state index is 0.145. The molecule has 0 unspecified atom stereocenters. The first kappa shape index (κ1) is 20.7. The molecule has 0 spiro atoms.